The summed E-state index contributed by atoms with van der Waals surface area (Å²) < 4.78 is 4.63. The third-order valence-corrected chi connectivity index (χ3v) is 4.41. The van der Waals surface area contributed by atoms with E-state index in [4.69, 9.17) is 0 Å². The Kier molecular flexibility index (Phi) is 11.2. The maximum Gasteiger partial charge on any atom is 0.195 e. The zero-order valence-electron chi connectivity index (χ0n) is 14.5. The Morgan fingerprint density at radius 1 is 0.714 bits per heavy atom. The average Bonchev–Trinajstić information content (AvgIpc) is 2.96. The van der Waals surface area contributed by atoms with E-state index in [1.54, 1.807) is 0 Å². The molecule has 1 rings (SSSR count). The van der Waals surface area contributed by atoms with Gasteiger partial charge in [0, 0.05) is 12.5 Å². The van der Waals surface area contributed by atoms with Crippen LogP contribution in [0.25, 0.3) is 0 Å². The van der Waals surface area contributed by atoms with Crippen LogP contribution in [-0.2, 0) is 13.1 Å². The van der Waals surface area contributed by atoms with E-state index in [0.717, 1.165) is 6.54 Å². The first-order valence-corrected chi connectivity index (χ1v) is 9.43. The van der Waals surface area contributed by atoms with Gasteiger partial charge in [-0.3, -0.25) is 0 Å². The third kappa shape index (κ3) is 8.95. The number of hydrogen-bond donors (Lipinski definition) is 0. The van der Waals surface area contributed by atoms with Gasteiger partial charge in [0.1, 0.15) is 0 Å². The molecular weight excluding hydrogens is 256 g/mol. The Morgan fingerprint density at radius 2 is 1.24 bits per heavy atom. The zero-order chi connectivity index (χ0) is 15.2. The minimum absolute atomic E-state index is 1.07. The molecule has 0 unspecified atom stereocenters. The predicted molar refractivity (Wildman–Crippen MR) is 91.4 cm³/mol. The van der Waals surface area contributed by atoms with Crippen LogP contribution in [0.4, 0.5) is 0 Å². The molecular formula is C19H37N2+. The molecule has 0 aliphatic carbocycles. The van der Waals surface area contributed by atoms with Crippen LogP contribution in [0, 0.1) is 0 Å². The van der Waals surface area contributed by atoms with Gasteiger partial charge in [0.2, 0.25) is 0 Å². The SMILES string of the molecule is CCCCCCCCCCCCCC[n+]1cccn1CC. The third-order valence-electron chi connectivity index (χ3n) is 4.41. The summed E-state index contributed by atoms with van der Waals surface area (Å²) in [5.74, 6) is 0. The Morgan fingerprint density at radius 3 is 1.76 bits per heavy atom. The summed E-state index contributed by atoms with van der Waals surface area (Å²) in [7, 11) is 0. The number of hydrogen-bond acceptors (Lipinski definition) is 0. The molecule has 0 radical (unpaired) electrons. The lowest BCUT2D eigenvalue weighted by atomic mass is 10.1. The van der Waals surface area contributed by atoms with Crippen LogP contribution in [0.15, 0.2) is 18.5 Å². The molecule has 0 aromatic carbocycles. The number of rotatable bonds is 14. The molecule has 1 heterocycles. The van der Waals surface area contributed by atoms with E-state index >= 15 is 0 Å². The van der Waals surface area contributed by atoms with E-state index in [2.05, 4.69) is 41.7 Å². The first-order valence-electron chi connectivity index (χ1n) is 9.43. The van der Waals surface area contributed by atoms with Crippen molar-refractivity contribution in [2.45, 2.75) is 104 Å². The van der Waals surface area contributed by atoms with Crippen molar-refractivity contribution in [3.05, 3.63) is 18.5 Å². The normalized spacial score (nSPS) is 11.1. The van der Waals surface area contributed by atoms with Crippen LogP contribution < -0.4 is 4.68 Å². The highest BCUT2D eigenvalue weighted by Gasteiger charge is 2.04. The van der Waals surface area contributed by atoms with E-state index in [0.29, 0.717) is 0 Å². The lowest BCUT2D eigenvalue weighted by Crippen LogP contribution is -2.42. The second-order valence-electron chi connectivity index (χ2n) is 6.30. The fourth-order valence-corrected chi connectivity index (χ4v) is 3.01. The second kappa shape index (κ2) is 12.9. The molecule has 0 atom stereocenters. The smallest absolute Gasteiger partial charge is 0.161 e. The highest BCUT2D eigenvalue weighted by Crippen LogP contribution is 2.11. The van der Waals surface area contributed by atoms with Crippen molar-refractivity contribution in [1.29, 1.82) is 0 Å². The van der Waals surface area contributed by atoms with E-state index < -0.39 is 0 Å². The van der Waals surface area contributed by atoms with Gasteiger partial charge in [-0.05, 0) is 13.3 Å². The van der Waals surface area contributed by atoms with Crippen molar-refractivity contribution in [3.8, 4) is 0 Å². The van der Waals surface area contributed by atoms with Gasteiger partial charge in [-0.2, -0.15) is 4.68 Å². The maximum absolute atomic E-state index is 2.34. The van der Waals surface area contributed by atoms with Crippen LogP contribution in [0.1, 0.15) is 90.9 Å². The van der Waals surface area contributed by atoms with Gasteiger partial charge in [-0.25, -0.2) is 0 Å². The lowest BCUT2D eigenvalue weighted by Gasteiger charge is -2.02. The zero-order valence-corrected chi connectivity index (χ0v) is 14.5. The summed E-state index contributed by atoms with van der Waals surface area (Å²) in [5.41, 5.74) is 0. The molecule has 0 saturated carbocycles. The fourth-order valence-electron chi connectivity index (χ4n) is 3.01. The largest absolute Gasteiger partial charge is 0.195 e. The second-order valence-corrected chi connectivity index (χ2v) is 6.30. The summed E-state index contributed by atoms with van der Waals surface area (Å²) in [4.78, 5) is 0. The first kappa shape index (κ1) is 18.3. The predicted octanol–water partition coefficient (Wildman–Crippen LogP) is 5.50. The van der Waals surface area contributed by atoms with Crippen LogP contribution in [0.5, 0.6) is 0 Å². The summed E-state index contributed by atoms with van der Waals surface area (Å²) >= 11 is 0. The van der Waals surface area contributed by atoms with Crippen LogP contribution in [-0.4, -0.2) is 4.68 Å². The summed E-state index contributed by atoms with van der Waals surface area (Å²) in [6.45, 7) is 6.75. The van der Waals surface area contributed by atoms with Crippen LogP contribution in [0.3, 0.4) is 0 Å². The number of aromatic nitrogens is 2. The number of aryl methyl sites for hydroxylation is 2. The van der Waals surface area contributed by atoms with Crippen LogP contribution in [0.2, 0.25) is 0 Å². The molecule has 122 valence electrons. The molecule has 1 aromatic heterocycles. The average molecular weight is 294 g/mol. The molecule has 0 N–H and O–H groups in total. The van der Waals surface area contributed by atoms with Crippen molar-refractivity contribution in [2.24, 2.45) is 0 Å². The van der Waals surface area contributed by atoms with Crippen LogP contribution >= 0.6 is 0 Å². The van der Waals surface area contributed by atoms with E-state index in [9.17, 15) is 0 Å². The molecule has 2 nitrogen and oxygen atoms in total. The van der Waals surface area contributed by atoms with Gasteiger partial charge in [0.15, 0.2) is 12.7 Å². The quantitative estimate of drug-likeness (QED) is 0.316. The molecule has 0 spiro atoms. The standard InChI is InChI=1S/C19H37N2/c1-3-5-6-7-8-9-10-11-12-13-14-15-17-21-19-16-18-20(21)4-2/h16,18-19H,3-15,17H2,1-2H3/q+1. The maximum atomic E-state index is 2.34. The van der Waals surface area contributed by atoms with E-state index in [-0.39, 0.29) is 0 Å². The monoisotopic (exact) mass is 293 g/mol. The van der Waals surface area contributed by atoms with Crippen molar-refractivity contribution in [2.75, 3.05) is 0 Å². The first-order chi connectivity index (χ1) is 10.4. The van der Waals surface area contributed by atoms with E-state index in [1.807, 2.05) is 0 Å². The van der Waals surface area contributed by atoms with Gasteiger partial charge in [-0.1, -0.05) is 71.1 Å². The minimum atomic E-state index is 1.07. The summed E-state index contributed by atoms with van der Waals surface area (Å²) in [6.07, 6.45) is 21.5. The Balaban J connectivity index is 1.83. The van der Waals surface area contributed by atoms with Crippen molar-refractivity contribution >= 4 is 0 Å². The molecule has 0 fully saturated rings. The molecule has 0 bridgehead atoms. The number of unbranched alkanes of at least 4 members (excludes halogenated alkanes) is 11. The van der Waals surface area contributed by atoms with Crippen molar-refractivity contribution in [3.63, 3.8) is 0 Å². The van der Waals surface area contributed by atoms with Gasteiger partial charge in [-0.15, -0.1) is 4.68 Å². The van der Waals surface area contributed by atoms with E-state index in [1.165, 1.54) is 83.6 Å². The van der Waals surface area contributed by atoms with Gasteiger partial charge >= 0.3 is 0 Å². The highest BCUT2D eigenvalue weighted by atomic mass is 15.4. The van der Waals surface area contributed by atoms with Gasteiger partial charge in [0.25, 0.3) is 0 Å². The number of nitrogens with zero attached hydrogens (tertiary/aromatic N) is 2. The highest BCUT2D eigenvalue weighted by molar-refractivity contribution is 4.70. The van der Waals surface area contributed by atoms with Gasteiger partial charge in [0.05, 0.1) is 12.7 Å². The van der Waals surface area contributed by atoms with Crippen molar-refractivity contribution < 1.29 is 4.68 Å². The summed E-state index contributed by atoms with van der Waals surface area (Å²) in [5, 5.41) is 0. The molecule has 0 aliphatic heterocycles. The van der Waals surface area contributed by atoms with Crippen molar-refractivity contribution in [1.82, 2.24) is 4.68 Å². The topological polar surface area (TPSA) is 8.81 Å². The molecule has 0 aliphatic rings. The molecule has 0 saturated heterocycles. The summed E-state index contributed by atoms with van der Waals surface area (Å²) in [6, 6.07) is 2.14. The molecule has 2 heteroatoms. The minimum Gasteiger partial charge on any atom is -0.161 e. The molecule has 21 heavy (non-hydrogen) atoms. The van der Waals surface area contributed by atoms with Gasteiger partial charge < -0.3 is 0 Å². The Labute approximate surface area is 132 Å². The molecule has 1 aromatic rings. The Bertz CT molecular complexity index is 330. The fraction of sp³-hybridized carbons (Fsp3) is 0.842. The lowest BCUT2D eigenvalue weighted by molar-refractivity contribution is -0.775. The Hall–Kier alpha value is -0.790. The molecule has 0 amide bonds.